The zero-order chi connectivity index (χ0) is 13.8. The van der Waals surface area contributed by atoms with Crippen molar-refractivity contribution in [1.82, 2.24) is 9.88 Å². The van der Waals surface area contributed by atoms with Crippen LogP contribution in [0, 0.1) is 6.92 Å². The van der Waals surface area contributed by atoms with E-state index in [-0.39, 0.29) is 12.5 Å². The fraction of sp³-hybridized carbons (Fsp3) is 0.267. The van der Waals surface area contributed by atoms with Crippen LogP contribution in [-0.2, 0) is 7.05 Å². The van der Waals surface area contributed by atoms with Gasteiger partial charge in [-0.05, 0) is 31.2 Å². The Morgan fingerprint density at radius 3 is 2.58 bits per heavy atom. The van der Waals surface area contributed by atoms with Gasteiger partial charge in [0.2, 0.25) is 0 Å². The summed E-state index contributed by atoms with van der Waals surface area (Å²) in [6.07, 6.45) is 1.16. The first-order chi connectivity index (χ1) is 9.08. The molecule has 1 aromatic heterocycles. The first kappa shape index (κ1) is 13.4. The van der Waals surface area contributed by atoms with Gasteiger partial charge in [-0.3, -0.25) is 4.79 Å². The minimum Gasteiger partial charge on any atom is -0.385 e. The quantitative estimate of drug-likeness (QED) is 0.878. The van der Waals surface area contributed by atoms with Crippen molar-refractivity contribution in [3.63, 3.8) is 0 Å². The topological polar surface area (TPSA) is 54.3 Å². The Hall–Kier alpha value is -2.07. The van der Waals surface area contributed by atoms with Gasteiger partial charge >= 0.3 is 0 Å². The molecule has 0 radical (unpaired) electrons. The monoisotopic (exact) mass is 258 g/mol. The van der Waals surface area contributed by atoms with Crippen LogP contribution in [0.25, 0.3) is 0 Å². The summed E-state index contributed by atoms with van der Waals surface area (Å²) in [5.74, 6) is -0.173. The van der Waals surface area contributed by atoms with E-state index in [2.05, 4.69) is 5.32 Å². The van der Waals surface area contributed by atoms with E-state index in [4.69, 9.17) is 0 Å². The van der Waals surface area contributed by atoms with E-state index in [0.29, 0.717) is 5.56 Å². The summed E-state index contributed by atoms with van der Waals surface area (Å²) in [6, 6.07) is 11.0. The summed E-state index contributed by atoms with van der Waals surface area (Å²) in [7, 11) is 1.86. The van der Waals surface area contributed by atoms with Gasteiger partial charge in [-0.1, -0.05) is 17.7 Å². The largest absolute Gasteiger partial charge is 0.385 e. The number of hydrogen-bond acceptors (Lipinski definition) is 2. The summed E-state index contributed by atoms with van der Waals surface area (Å²) in [4.78, 5) is 11.9. The highest BCUT2D eigenvalue weighted by atomic mass is 16.3. The second kappa shape index (κ2) is 5.71. The van der Waals surface area contributed by atoms with E-state index in [9.17, 15) is 9.90 Å². The molecule has 4 heteroatoms. The van der Waals surface area contributed by atoms with Crippen molar-refractivity contribution in [2.45, 2.75) is 13.0 Å². The maximum absolute atomic E-state index is 11.9. The lowest BCUT2D eigenvalue weighted by atomic mass is 10.1. The second-order valence-electron chi connectivity index (χ2n) is 4.64. The number of rotatable bonds is 4. The maximum Gasteiger partial charge on any atom is 0.251 e. The van der Waals surface area contributed by atoms with Crippen LogP contribution in [0.4, 0.5) is 0 Å². The molecule has 1 aromatic carbocycles. The van der Waals surface area contributed by atoms with Crippen LogP contribution < -0.4 is 5.32 Å². The molecule has 2 rings (SSSR count). The summed E-state index contributed by atoms with van der Waals surface area (Å²) >= 11 is 0. The molecule has 4 nitrogen and oxygen atoms in total. The Morgan fingerprint density at radius 1 is 1.32 bits per heavy atom. The smallest absolute Gasteiger partial charge is 0.251 e. The standard InChI is InChI=1S/C15H18N2O2/c1-11-5-7-12(8-6-11)15(19)16-10-14(18)13-4-3-9-17(13)2/h3-9,14,18H,10H2,1-2H3,(H,16,19). The van der Waals surface area contributed by atoms with Crippen LogP contribution in [0.3, 0.4) is 0 Å². The third kappa shape index (κ3) is 3.23. The van der Waals surface area contributed by atoms with Gasteiger partial charge in [0.05, 0.1) is 0 Å². The number of aromatic nitrogens is 1. The van der Waals surface area contributed by atoms with Crippen molar-refractivity contribution in [2.75, 3.05) is 6.54 Å². The third-order valence-corrected chi connectivity index (χ3v) is 3.10. The molecule has 0 aliphatic rings. The number of hydrogen-bond donors (Lipinski definition) is 2. The molecule has 19 heavy (non-hydrogen) atoms. The highest BCUT2D eigenvalue weighted by Crippen LogP contribution is 2.11. The number of aliphatic hydroxyl groups is 1. The van der Waals surface area contributed by atoms with Crippen LogP contribution in [0.2, 0.25) is 0 Å². The molecule has 1 amide bonds. The number of carbonyl (C=O) groups excluding carboxylic acids is 1. The molecule has 0 aliphatic carbocycles. The van der Waals surface area contributed by atoms with Gasteiger partial charge in [0.25, 0.3) is 5.91 Å². The van der Waals surface area contributed by atoms with Crippen LogP contribution in [0.5, 0.6) is 0 Å². The number of carbonyl (C=O) groups is 1. The lowest BCUT2D eigenvalue weighted by Crippen LogP contribution is -2.29. The minimum absolute atomic E-state index is 0.173. The van der Waals surface area contributed by atoms with Crippen molar-refractivity contribution in [3.8, 4) is 0 Å². The predicted octanol–water partition coefficient (Wildman–Crippen LogP) is 1.80. The summed E-state index contributed by atoms with van der Waals surface area (Å²) in [5.41, 5.74) is 2.49. The second-order valence-corrected chi connectivity index (χ2v) is 4.64. The lowest BCUT2D eigenvalue weighted by Gasteiger charge is -2.13. The van der Waals surface area contributed by atoms with E-state index in [1.807, 2.05) is 49.0 Å². The highest BCUT2D eigenvalue weighted by Gasteiger charge is 2.12. The summed E-state index contributed by atoms with van der Waals surface area (Å²) < 4.78 is 1.84. The highest BCUT2D eigenvalue weighted by molar-refractivity contribution is 5.94. The first-order valence-corrected chi connectivity index (χ1v) is 6.22. The molecule has 2 N–H and O–H groups in total. The van der Waals surface area contributed by atoms with Crippen LogP contribution in [0.15, 0.2) is 42.6 Å². The van der Waals surface area contributed by atoms with E-state index in [0.717, 1.165) is 11.3 Å². The van der Waals surface area contributed by atoms with Crippen molar-refractivity contribution < 1.29 is 9.90 Å². The molecule has 0 aliphatic heterocycles. The van der Waals surface area contributed by atoms with E-state index >= 15 is 0 Å². The summed E-state index contributed by atoms with van der Waals surface area (Å²) in [6.45, 7) is 2.17. The number of aliphatic hydroxyl groups excluding tert-OH is 1. The van der Waals surface area contributed by atoms with Gasteiger partial charge in [-0.2, -0.15) is 0 Å². The molecule has 0 saturated heterocycles. The molecule has 0 spiro atoms. The van der Waals surface area contributed by atoms with Gasteiger partial charge in [0.15, 0.2) is 0 Å². The molecule has 1 atom stereocenters. The average molecular weight is 258 g/mol. The maximum atomic E-state index is 11.9. The fourth-order valence-electron chi connectivity index (χ4n) is 1.92. The van der Waals surface area contributed by atoms with E-state index < -0.39 is 6.10 Å². The number of amides is 1. The lowest BCUT2D eigenvalue weighted by molar-refractivity contribution is 0.0912. The Kier molecular flexibility index (Phi) is 4.02. The molecular formula is C15H18N2O2. The Bertz CT molecular complexity index is 558. The molecule has 0 saturated carbocycles. The van der Waals surface area contributed by atoms with Crippen molar-refractivity contribution in [2.24, 2.45) is 7.05 Å². The van der Waals surface area contributed by atoms with Crippen molar-refractivity contribution >= 4 is 5.91 Å². The van der Waals surface area contributed by atoms with Crippen molar-refractivity contribution in [1.29, 1.82) is 0 Å². The number of nitrogens with one attached hydrogen (secondary N) is 1. The number of aryl methyl sites for hydroxylation is 2. The molecule has 0 bridgehead atoms. The Balaban J connectivity index is 1.94. The van der Waals surface area contributed by atoms with E-state index in [1.54, 1.807) is 12.1 Å². The number of nitrogens with zero attached hydrogens (tertiary/aromatic N) is 1. The van der Waals surface area contributed by atoms with Crippen LogP contribution in [-0.4, -0.2) is 22.1 Å². The van der Waals surface area contributed by atoms with Crippen LogP contribution >= 0.6 is 0 Å². The van der Waals surface area contributed by atoms with Gasteiger partial charge in [-0.15, -0.1) is 0 Å². The minimum atomic E-state index is -0.700. The zero-order valence-electron chi connectivity index (χ0n) is 11.1. The number of benzene rings is 1. The molecule has 1 unspecified atom stereocenters. The molecule has 0 fully saturated rings. The first-order valence-electron chi connectivity index (χ1n) is 6.22. The van der Waals surface area contributed by atoms with Crippen molar-refractivity contribution in [3.05, 3.63) is 59.4 Å². The zero-order valence-corrected chi connectivity index (χ0v) is 11.1. The molecule has 100 valence electrons. The normalized spacial score (nSPS) is 12.2. The molecule has 2 aromatic rings. The Morgan fingerprint density at radius 2 is 2.00 bits per heavy atom. The summed E-state index contributed by atoms with van der Waals surface area (Å²) in [5, 5.41) is 12.7. The Labute approximate surface area is 112 Å². The fourth-order valence-corrected chi connectivity index (χ4v) is 1.92. The van der Waals surface area contributed by atoms with E-state index in [1.165, 1.54) is 0 Å². The SMILES string of the molecule is Cc1ccc(C(=O)NCC(O)c2cccn2C)cc1. The van der Waals surface area contributed by atoms with Gasteiger partial charge in [0.1, 0.15) is 6.10 Å². The predicted molar refractivity (Wildman–Crippen MR) is 73.9 cm³/mol. The van der Waals surface area contributed by atoms with Gasteiger partial charge < -0.3 is 15.0 Å². The molecular weight excluding hydrogens is 240 g/mol. The molecule has 1 heterocycles. The van der Waals surface area contributed by atoms with Gasteiger partial charge in [-0.25, -0.2) is 0 Å². The van der Waals surface area contributed by atoms with Gasteiger partial charge in [0, 0.05) is 31.0 Å². The third-order valence-electron chi connectivity index (χ3n) is 3.10. The van der Waals surface area contributed by atoms with Crippen LogP contribution in [0.1, 0.15) is 27.7 Å². The average Bonchev–Trinajstić information content (AvgIpc) is 2.83.